The van der Waals surface area contributed by atoms with Crippen LogP contribution in [0, 0.1) is 0 Å². The fourth-order valence-corrected chi connectivity index (χ4v) is 1.29. The third kappa shape index (κ3) is 2.27. The number of hydrogen-bond donors (Lipinski definition) is 2. The van der Waals surface area contributed by atoms with E-state index in [2.05, 4.69) is 20.9 Å². The second-order valence-corrected chi connectivity index (χ2v) is 3.49. The molecule has 0 aliphatic carbocycles. The number of aliphatic hydroxyl groups is 1. The van der Waals surface area contributed by atoms with Crippen molar-refractivity contribution in [2.75, 3.05) is 0 Å². The Morgan fingerprint density at radius 2 is 2.33 bits per heavy atom. The molecule has 4 heteroatoms. The highest BCUT2D eigenvalue weighted by Gasteiger charge is 2.11. The fourth-order valence-electron chi connectivity index (χ4n) is 0.903. The molecule has 12 heavy (non-hydrogen) atoms. The summed E-state index contributed by atoms with van der Waals surface area (Å²) in [4.78, 5) is 3.96. The molecule has 0 spiro atoms. The minimum absolute atomic E-state index is 0.343. The van der Waals surface area contributed by atoms with E-state index in [0.717, 1.165) is 10.2 Å². The third-order valence-corrected chi connectivity index (χ3v) is 2.09. The van der Waals surface area contributed by atoms with Crippen molar-refractivity contribution in [1.82, 2.24) is 4.98 Å². The molecule has 66 valence electrons. The first-order chi connectivity index (χ1) is 5.61. The lowest BCUT2D eigenvalue weighted by Crippen LogP contribution is -2.23. The van der Waals surface area contributed by atoms with Crippen LogP contribution in [0.25, 0.3) is 0 Å². The van der Waals surface area contributed by atoms with Crippen molar-refractivity contribution in [2.45, 2.75) is 19.1 Å². The summed E-state index contributed by atoms with van der Waals surface area (Å²) >= 11 is 3.23. The molecule has 1 heterocycles. The molecule has 0 unspecified atom stereocenters. The zero-order valence-electron chi connectivity index (χ0n) is 6.74. The Bertz CT molecular complexity index is 265. The van der Waals surface area contributed by atoms with Crippen LogP contribution in [0.4, 0.5) is 0 Å². The van der Waals surface area contributed by atoms with E-state index in [1.807, 2.05) is 0 Å². The van der Waals surface area contributed by atoms with Crippen molar-refractivity contribution in [3.05, 3.63) is 28.5 Å². The normalized spacial score (nSPS) is 15.7. The second-order valence-electron chi connectivity index (χ2n) is 2.68. The third-order valence-electron chi connectivity index (χ3n) is 1.66. The average Bonchev–Trinajstić information content (AvgIpc) is 2.03. The highest BCUT2D eigenvalue weighted by molar-refractivity contribution is 9.10. The van der Waals surface area contributed by atoms with Gasteiger partial charge in [0.15, 0.2) is 0 Å². The van der Waals surface area contributed by atoms with E-state index in [9.17, 15) is 5.11 Å². The van der Waals surface area contributed by atoms with E-state index in [-0.39, 0.29) is 6.04 Å². The quantitative estimate of drug-likeness (QED) is 0.752. The SMILES string of the molecule is C[C@@H](O)[C@@H](N)c1ccnc(Br)c1. The molecule has 0 aromatic carbocycles. The molecular weight excluding hydrogens is 220 g/mol. The van der Waals surface area contributed by atoms with Gasteiger partial charge in [0.25, 0.3) is 0 Å². The molecule has 0 bridgehead atoms. The van der Waals surface area contributed by atoms with Crippen LogP contribution < -0.4 is 5.73 Å². The van der Waals surface area contributed by atoms with Crippen molar-refractivity contribution in [3.63, 3.8) is 0 Å². The topological polar surface area (TPSA) is 59.1 Å². The molecule has 0 amide bonds. The van der Waals surface area contributed by atoms with Gasteiger partial charge in [0, 0.05) is 6.20 Å². The molecule has 1 rings (SSSR count). The molecule has 0 aliphatic heterocycles. The lowest BCUT2D eigenvalue weighted by molar-refractivity contribution is 0.164. The largest absolute Gasteiger partial charge is 0.391 e. The molecule has 1 aromatic rings. The van der Waals surface area contributed by atoms with Crippen LogP contribution in [0.15, 0.2) is 22.9 Å². The maximum atomic E-state index is 9.20. The molecule has 0 fully saturated rings. The monoisotopic (exact) mass is 230 g/mol. The summed E-state index contributed by atoms with van der Waals surface area (Å²) < 4.78 is 0.733. The Balaban J connectivity index is 2.88. The zero-order chi connectivity index (χ0) is 9.14. The summed E-state index contributed by atoms with van der Waals surface area (Å²) in [7, 11) is 0. The summed E-state index contributed by atoms with van der Waals surface area (Å²) in [5.41, 5.74) is 6.59. The van der Waals surface area contributed by atoms with Gasteiger partial charge < -0.3 is 10.8 Å². The van der Waals surface area contributed by atoms with E-state index >= 15 is 0 Å². The van der Waals surface area contributed by atoms with Gasteiger partial charge in [0.2, 0.25) is 0 Å². The van der Waals surface area contributed by atoms with Crippen molar-refractivity contribution >= 4 is 15.9 Å². The number of hydrogen-bond acceptors (Lipinski definition) is 3. The van der Waals surface area contributed by atoms with Crippen LogP contribution in [-0.2, 0) is 0 Å². The summed E-state index contributed by atoms with van der Waals surface area (Å²) in [5.74, 6) is 0. The smallest absolute Gasteiger partial charge is 0.106 e. The van der Waals surface area contributed by atoms with Crippen LogP contribution in [-0.4, -0.2) is 16.2 Å². The van der Waals surface area contributed by atoms with E-state index in [1.165, 1.54) is 0 Å². The van der Waals surface area contributed by atoms with Gasteiger partial charge in [-0.2, -0.15) is 0 Å². The number of pyridine rings is 1. The number of halogens is 1. The van der Waals surface area contributed by atoms with E-state index in [1.54, 1.807) is 25.3 Å². The van der Waals surface area contributed by atoms with Crippen LogP contribution in [0.1, 0.15) is 18.5 Å². The summed E-state index contributed by atoms with van der Waals surface area (Å²) in [5, 5.41) is 9.20. The Morgan fingerprint density at radius 3 is 2.83 bits per heavy atom. The lowest BCUT2D eigenvalue weighted by Gasteiger charge is -2.14. The lowest BCUT2D eigenvalue weighted by atomic mass is 10.1. The highest BCUT2D eigenvalue weighted by atomic mass is 79.9. The van der Waals surface area contributed by atoms with Crippen LogP contribution >= 0.6 is 15.9 Å². The van der Waals surface area contributed by atoms with Crippen LogP contribution in [0.3, 0.4) is 0 Å². The summed E-state index contributed by atoms with van der Waals surface area (Å²) in [6.07, 6.45) is 1.11. The average molecular weight is 231 g/mol. The van der Waals surface area contributed by atoms with Gasteiger partial charge in [-0.25, -0.2) is 4.98 Å². The first-order valence-corrected chi connectivity index (χ1v) is 4.45. The molecule has 0 saturated heterocycles. The van der Waals surface area contributed by atoms with Crippen molar-refractivity contribution in [1.29, 1.82) is 0 Å². The maximum absolute atomic E-state index is 9.20. The number of nitrogens with zero attached hydrogens (tertiary/aromatic N) is 1. The molecular formula is C8H11BrN2O. The predicted molar refractivity (Wildman–Crippen MR) is 50.5 cm³/mol. The van der Waals surface area contributed by atoms with E-state index in [4.69, 9.17) is 5.73 Å². The Labute approximate surface area is 79.7 Å². The van der Waals surface area contributed by atoms with Gasteiger partial charge in [0.1, 0.15) is 4.60 Å². The Morgan fingerprint density at radius 1 is 1.67 bits per heavy atom. The molecule has 2 atom stereocenters. The zero-order valence-corrected chi connectivity index (χ0v) is 8.32. The summed E-state index contributed by atoms with van der Waals surface area (Å²) in [6.45, 7) is 1.67. The number of aromatic nitrogens is 1. The molecule has 0 saturated carbocycles. The Hall–Kier alpha value is -0.450. The van der Waals surface area contributed by atoms with E-state index < -0.39 is 6.10 Å². The highest BCUT2D eigenvalue weighted by Crippen LogP contribution is 2.16. The molecule has 0 aliphatic rings. The fraction of sp³-hybridized carbons (Fsp3) is 0.375. The van der Waals surface area contributed by atoms with Crippen LogP contribution in [0.5, 0.6) is 0 Å². The minimum atomic E-state index is -0.542. The number of aliphatic hydroxyl groups excluding tert-OH is 1. The summed E-state index contributed by atoms with van der Waals surface area (Å²) in [6, 6.07) is 3.25. The van der Waals surface area contributed by atoms with Gasteiger partial charge in [-0.3, -0.25) is 0 Å². The van der Waals surface area contributed by atoms with Crippen LogP contribution in [0.2, 0.25) is 0 Å². The van der Waals surface area contributed by atoms with Crippen molar-refractivity contribution < 1.29 is 5.11 Å². The van der Waals surface area contributed by atoms with Gasteiger partial charge in [-0.1, -0.05) is 0 Å². The Kier molecular flexibility index (Phi) is 3.20. The molecule has 3 nitrogen and oxygen atoms in total. The minimum Gasteiger partial charge on any atom is -0.391 e. The second kappa shape index (κ2) is 3.98. The number of rotatable bonds is 2. The predicted octanol–water partition coefficient (Wildman–Crippen LogP) is 1.22. The van der Waals surface area contributed by atoms with Gasteiger partial charge in [-0.05, 0) is 40.5 Å². The molecule has 0 radical (unpaired) electrons. The van der Waals surface area contributed by atoms with Gasteiger partial charge >= 0.3 is 0 Å². The maximum Gasteiger partial charge on any atom is 0.106 e. The first-order valence-electron chi connectivity index (χ1n) is 3.66. The standard InChI is InChI=1S/C8H11BrN2O/c1-5(12)8(10)6-2-3-11-7(9)4-6/h2-5,8,12H,10H2,1H3/t5-,8-/m1/s1. The van der Waals surface area contributed by atoms with Crippen molar-refractivity contribution in [3.8, 4) is 0 Å². The van der Waals surface area contributed by atoms with Crippen molar-refractivity contribution in [2.24, 2.45) is 5.73 Å². The first kappa shape index (κ1) is 9.64. The molecule has 1 aromatic heterocycles. The van der Waals surface area contributed by atoms with E-state index in [0.29, 0.717) is 0 Å². The van der Waals surface area contributed by atoms with Gasteiger partial charge in [0.05, 0.1) is 12.1 Å². The molecule has 3 N–H and O–H groups in total. The number of nitrogens with two attached hydrogens (primary N) is 1. The van der Waals surface area contributed by atoms with Gasteiger partial charge in [-0.15, -0.1) is 0 Å².